The van der Waals surface area contributed by atoms with E-state index in [1.54, 1.807) is 4.90 Å². The highest BCUT2D eigenvalue weighted by Crippen LogP contribution is 2.24. The van der Waals surface area contributed by atoms with Crippen LogP contribution in [0.5, 0.6) is 0 Å². The van der Waals surface area contributed by atoms with Gasteiger partial charge in [0.15, 0.2) is 0 Å². The van der Waals surface area contributed by atoms with Crippen LogP contribution in [0.25, 0.3) is 0 Å². The summed E-state index contributed by atoms with van der Waals surface area (Å²) in [5.74, 6) is 0.271. The van der Waals surface area contributed by atoms with Gasteiger partial charge in [-0.15, -0.1) is 0 Å². The van der Waals surface area contributed by atoms with Crippen molar-refractivity contribution in [3.63, 3.8) is 0 Å². The maximum Gasteiger partial charge on any atom is 0.243 e. The molecule has 0 radical (unpaired) electrons. The zero-order valence-corrected chi connectivity index (χ0v) is 13.2. The maximum atomic E-state index is 12.5. The Morgan fingerprint density at radius 3 is 2.62 bits per heavy atom. The van der Waals surface area contributed by atoms with Crippen molar-refractivity contribution in [2.24, 2.45) is 11.8 Å². The van der Waals surface area contributed by atoms with Gasteiger partial charge in [-0.1, -0.05) is 26.7 Å². The third kappa shape index (κ3) is 3.96. The van der Waals surface area contributed by atoms with E-state index in [-0.39, 0.29) is 35.8 Å². The van der Waals surface area contributed by atoms with Crippen LogP contribution in [-0.2, 0) is 9.59 Å². The molecule has 1 heterocycles. The number of likely N-dealkylation sites (tertiary alicyclic amines) is 1. The van der Waals surface area contributed by atoms with Gasteiger partial charge in [0.05, 0.1) is 6.10 Å². The number of carbonyl (C=O) groups excluding carboxylic acids is 2. The molecule has 1 saturated heterocycles. The molecule has 0 aromatic carbocycles. The highest BCUT2D eigenvalue weighted by molar-refractivity contribution is 5.88. The van der Waals surface area contributed by atoms with Crippen LogP contribution in [0.2, 0.25) is 0 Å². The van der Waals surface area contributed by atoms with Gasteiger partial charge in [0, 0.05) is 25.4 Å². The number of aliphatic hydroxyl groups excluding tert-OH is 1. The quantitative estimate of drug-likeness (QED) is 0.803. The van der Waals surface area contributed by atoms with Crippen molar-refractivity contribution in [3.8, 4) is 0 Å². The summed E-state index contributed by atoms with van der Waals surface area (Å²) in [6, 6.07) is -0.374. The van der Waals surface area contributed by atoms with Crippen LogP contribution in [0.3, 0.4) is 0 Å². The van der Waals surface area contributed by atoms with Gasteiger partial charge in [-0.2, -0.15) is 0 Å². The molecule has 3 atom stereocenters. The van der Waals surface area contributed by atoms with Crippen molar-refractivity contribution in [1.82, 2.24) is 10.2 Å². The van der Waals surface area contributed by atoms with Crippen LogP contribution in [0.15, 0.2) is 0 Å². The first-order valence-corrected chi connectivity index (χ1v) is 8.26. The van der Waals surface area contributed by atoms with Gasteiger partial charge >= 0.3 is 0 Å². The highest BCUT2D eigenvalue weighted by atomic mass is 16.3. The lowest BCUT2D eigenvalue weighted by atomic mass is 9.86. The summed E-state index contributed by atoms with van der Waals surface area (Å²) >= 11 is 0. The second kappa shape index (κ2) is 7.25. The molecule has 2 N–H and O–H groups in total. The molecule has 1 saturated carbocycles. The molecule has 0 aromatic heterocycles. The van der Waals surface area contributed by atoms with Gasteiger partial charge < -0.3 is 15.3 Å². The normalized spacial score (nSPS) is 28.0. The Balaban J connectivity index is 1.91. The van der Waals surface area contributed by atoms with E-state index in [4.69, 9.17) is 0 Å². The molecule has 5 heteroatoms. The molecule has 2 aliphatic rings. The van der Waals surface area contributed by atoms with Crippen molar-refractivity contribution < 1.29 is 14.7 Å². The summed E-state index contributed by atoms with van der Waals surface area (Å²) in [7, 11) is 0. The predicted molar refractivity (Wildman–Crippen MR) is 80.5 cm³/mol. The summed E-state index contributed by atoms with van der Waals surface area (Å²) in [5, 5.41) is 12.9. The molecular weight excluding hydrogens is 268 g/mol. The van der Waals surface area contributed by atoms with Crippen LogP contribution < -0.4 is 5.32 Å². The molecule has 0 spiro atoms. The average molecular weight is 296 g/mol. The van der Waals surface area contributed by atoms with Crippen LogP contribution in [0, 0.1) is 11.8 Å². The smallest absolute Gasteiger partial charge is 0.243 e. The minimum absolute atomic E-state index is 0.0713. The number of nitrogens with zero attached hydrogens (tertiary/aromatic N) is 1. The van der Waals surface area contributed by atoms with Gasteiger partial charge in [-0.05, 0) is 25.2 Å². The van der Waals surface area contributed by atoms with Gasteiger partial charge in [0.25, 0.3) is 0 Å². The molecule has 2 fully saturated rings. The number of hydrogen-bond acceptors (Lipinski definition) is 3. The van der Waals surface area contributed by atoms with Crippen molar-refractivity contribution in [1.29, 1.82) is 0 Å². The Morgan fingerprint density at radius 2 is 2.05 bits per heavy atom. The fourth-order valence-electron chi connectivity index (χ4n) is 3.53. The summed E-state index contributed by atoms with van der Waals surface area (Å²) < 4.78 is 0. The van der Waals surface area contributed by atoms with Crippen molar-refractivity contribution in [2.45, 2.75) is 64.5 Å². The summed E-state index contributed by atoms with van der Waals surface area (Å²) in [6.07, 6.45) is 5.09. The van der Waals surface area contributed by atoms with E-state index in [1.807, 2.05) is 13.8 Å². The van der Waals surface area contributed by atoms with E-state index in [0.717, 1.165) is 32.1 Å². The molecule has 1 aliphatic carbocycles. The number of rotatable bonds is 5. The summed E-state index contributed by atoms with van der Waals surface area (Å²) in [4.78, 5) is 26.1. The SMILES string of the molecule is CC(C)C(C(=O)NCC1CCCCC1O)N1CCCC1=O. The zero-order chi connectivity index (χ0) is 15.4. The third-order valence-corrected chi connectivity index (χ3v) is 4.75. The number of hydrogen-bond donors (Lipinski definition) is 2. The number of amides is 2. The lowest BCUT2D eigenvalue weighted by Gasteiger charge is -2.32. The highest BCUT2D eigenvalue weighted by Gasteiger charge is 2.35. The Bertz CT molecular complexity index is 384. The largest absolute Gasteiger partial charge is 0.393 e. The van der Waals surface area contributed by atoms with Crippen LogP contribution in [0.4, 0.5) is 0 Å². The second-order valence-electron chi connectivity index (χ2n) is 6.74. The molecule has 5 nitrogen and oxygen atoms in total. The number of carbonyl (C=O) groups is 2. The summed E-state index contributed by atoms with van der Waals surface area (Å²) in [5.41, 5.74) is 0. The molecule has 0 aromatic rings. The first kappa shape index (κ1) is 16.3. The lowest BCUT2D eigenvalue weighted by Crippen LogP contribution is -2.51. The van der Waals surface area contributed by atoms with E-state index >= 15 is 0 Å². The van der Waals surface area contributed by atoms with E-state index in [2.05, 4.69) is 5.32 Å². The number of nitrogens with one attached hydrogen (secondary N) is 1. The van der Waals surface area contributed by atoms with Crippen molar-refractivity contribution in [2.75, 3.05) is 13.1 Å². The average Bonchev–Trinajstić information content (AvgIpc) is 2.84. The molecular formula is C16H28N2O3. The maximum absolute atomic E-state index is 12.5. The van der Waals surface area contributed by atoms with E-state index in [1.165, 1.54) is 0 Å². The van der Waals surface area contributed by atoms with Crippen molar-refractivity contribution in [3.05, 3.63) is 0 Å². The Kier molecular flexibility index (Phi) is 5.62. The van der Waals surface area contributed by atoms with Crippen LogP contribution in [0.1, 0.15) is 52.4 Å². The predicted octanol–water partition coefficient (Wildman–Crippen LogP) is 1.30. The van der Waals surface area contributed by atoms with Gasteiger partial charge in [-0.3, -0.25) is 9.59 Å². The monoisotopic (exact) mass is 296 g/mol. The van der Waals surface area contributed by atoms with Gasteiger partial charge in [0.2, 0.25) is 11.8 Å². The third-order valence-electron chi connectivity index (χ3n) is 4.75. The van der Waals surface area contributed by atoms with E-state index < -0.39 is 0 Å². The molecule has 0 bridgehead atoms. The molecule has 21 heavy (non-hydrogen) atoms. The Labute approximate surface area is 127 Å². The van der Waals surface area contributed by atoms with Crippen LogP contribution >= 0.6 is 0 Å². The first-order valence-electron chi connectivity index (χ1n) is 8.26. The fourth-order valence-corrected chi connectivity index (χ4v) is 3.53. The standard InChI is InChI=1S/C16H28N2O3/c1-11(2)15(18-9-5-8-14(18)20)16(21)17-10-12-6-3-4-7-13(12)19/h11-13,15,19H,3-10H2,1-2H3,(H,17,21). The fraction of sp³-hybridized carbons (Fsp3) is 0.875. The van der Waals surface area contributed by atoms with E-state index in [9.17, 15) is 14.7 Å². The Hall–Kier alpha value is -1.10. The summed E-state index contributed by atoms with van der Waals surface area (Å²) in [6.45, 7) is 5.16. The minimum atomic E-state index is -0.374. The minimum Gasteiger partial charge on any atom is -0.393 e. The molecule has 120 valence electrons. The van der Waals surface area contributed by atoms with Gasteiger partial charge in [0.1, 0.15) is 6.04 Å². The van der Waals surface area contributed by atoms with Crippen LogP contribution in [-0.4, -0.2) is 47.1 Å². The first-order chi connectivity index (χ1) is 10.0. The number of aliphatic hydroxyl groups is 1. The molecule has 2 amide bonds. The lowest BCUT2D eigenvalue weighted by molar-refractivity contribution is -0.139. The second-order valence-corrected chi connectivity index (χ2v) is 6.74. The Morgan fingerprint density at radius 1 is 1.33 bits per heavy atom. The van der Waals surface area contributed by atoms with E-state index in [0.29, 0.717) is 19.5 Å². The van der Waals surface area contributed by atoms with Gasteiger partial charge in [-0.25, -0.2) is 0 Å². The molecule has 2 rings (SSSR count). The topological polar surface area (TPSA) is 69.6 Å². The zero-order valence-electron chi connectivity index (χ0n) is 13.2. The molecule has 3 unspecified atom stereocenters. The van der Waals surface area contributed by atoms with Crippen molar-refractivity contribution >= 4 is 11.8 Å². The molecule has 1 aliphatic heterocycles.